The predicted molar refractivity (Wildman–Crippen MR) is 66.6 cm³/mol. The van der Waals surface area contributed by atoms with Gasteiger partial charge in [-0.2, -0.15) is 10.4 Å². The Morgan fingerprint density at radius 1 is 1.18 bits per heavy atom. The zero-order valence-corrected chi connectivity index (χ0v) is 9.62. The Labute approximate surface area is 102 Å². The molecule has 2 amide bonds. The summed E-state index contributed by atoms with van der Waals surface area (Å²) in [5.41, 5.74) is 8.75. The molecule has 17 heavy (non-hydrogen) atoms. The maximum absolute atomic E-state index is 10.7. The van der Waals surface area contributed by atoms with Crippen molar-refractivity contribution >= 4 is 28.8 Å². The molecule has 0 aliphatic heterocycles. The largest absolute Gasteiger partial charge is 0.374 e. The fourth-order valence-corrected chi connectivity index (χ4v) is 2.13. The predicted octanol–water partition coefficient (Wildman–Crippen LogP) is 3.09. The smallest absolute Gasteiger partial charge is 0.260 e. The molecule has 0 heterocycles. The minimum atomic E-state index is -0.724. The van der Waals surface area contributed by atoms with Crippen molar-refractivity contribution in [2.75, 3.05) is 0 Å². The molecule has 3 N–H and O–H groups in total. The normalized spacial score (nSPS) is 10.1. The van der Waals surface area contributed by atoms with Crippen molar-refractivity contribution in [3.63, 3.8) is 0 Å². The van der Waals surface area contributed by atoms with E-state index in [0.717, 1.165) is 15.7 Å². The fraction of sp³-hybridized carbons (Fsp3) is 0. The van der Waals surface area contributed by atoms with Gasteiger partial charge in [0, 0.05) is 4.90 Å². The topological polar surface area (TPSA) is 77.3 Å². The van der Waals surface area contributed by atoms with E-state index in [4.69, 9.17) is 5.53 Å². The maximum atomic E-state index is 10.7. The number of amides is 2. The van der Waals surface area contributed by atoms with Crippen LogP contribution < -0.4 is 10.3 Å². The lowest BCUT2D eigenvalue weighted by Crippen LogP contribution is -2.29. The average Bonchev–Trinajstić information content (AvgIpc) is 2.39. The maximum Gasteiger partial charge on any atom is 0.374 e. The minimum Gasteiger partial charge on any atom is -0.260 e. The molecule has 0 bridgehead atoms. The molecule has 0 radical (unpaired) electrons. The Kier molecular flexibility index (Phi) is 3.69. The third-order valence-corrected chi connectivity index (χ3v) is 2.95. The fourth-order valence-electron chi connectivity index (χ4n) is 1.44. The highest BCUT2D eigenvalue weighted by Gasteiger charge is 2.01. The van der Waals surface area contributed by atoms with E-state index >= 15 is 0 Å². The first-order valence-electron chi connectivity index (χ1n) is 4.88. The first kappa shape index (κ1) is 11.6. The number of rotatable bonds is 3. The van der Waals surface area contributed by atoms with Crippen LogP contribution in [0.3, 0.4) is 0 Å². The van der Waals surface area contributed by atoms with Crippen LogP contribution in [0.25, 0.3) is 10.8 Å². The zero-order chi connectivity index (χ0) is 12.1. The average molecular weight is 246 g/mol. The molecule has 0 saturated carbocycles. The van der Waals surface area contributed by atoms with Gasteiger partial charge in [0.2, 0.25) is 0 Å². The summed E-state index contributed by atoms with van der Waals surface area (Å²) in [6.07, 6.45) is 0. The number of hydrogen-bond acceptors (Lipinski definition) is 4. The first-order valence-corrected chi connectivity index (χ1v) is 5.70. The number of nitrogens with zero attached hydrogens (tertiary/aromatic N) is 1. The Balaban J connectivity index is 2.13. The minimum absolute atomic E-state index is 0.724. The monoisotopic (exact) mass is 246 g/mol. The lowest BCUT2D eigenvalue weighted by atomic mass is 10.1. The number of fused-ring (bicyclic) bond motifs is 1. The van der Waals surface area contributed by atoms with Crippen LogP contribution in [-0.2, 0) is 0 Å². The van der Waals surface area contributed by atoms with E-state index in [2.05, 4.69) is 15.4 Å². The summed E-state index contributed by atoms with van der Waals surface area (Å²) >= 11 is 1.27. The van der Waals surface area contributed by atoms with Gasteiger partial charge in [-0.15, -0.1) is 0 Å². The van der Waals surface area contributed by atoms with Crippen LogP contribution in [-0.4, -0.2) is 6.03 Å². The molecule has 2 rings (SSSR count). The Bertz CT molecular complexity index is 553. The van der Waals surface area contributed by atoms with Gasteiger partial charge in [0.1, 0.15) is 0 Å². The second-order valence-electron chi connectivity index (χ2n) is 3.22. The molecule has 0 spiro atoms. The first-order chi connectivity index (χ1) is 8.31. The highest BCUT2D eigenvalue weighted by molar-refractivity contribution is 7.97. The van der Waals surface area contributed by atoms with E-state index in [1.807, 2.05) is 42.5 Å². The lowest BCUT2D eigenvalue weighted by Gasteiger charge is -2.06. The molecule has 2 aromatic rings. The van der Waals surface area contributed by atoms with Crippen LogP contribution >= 0.6 is 11.9 Å². The van der Waals surface area contributed by atoms with Crippen LogP contribution in [0.15, 0.2) is 52.5 Å². The molecule has 2 aromatic carbocycles. The molecule has 86 valence electrons. The van der Waals surface area contributed by atoms with E-state index in [1.165, 1.54) is 11.9 Å². The van der Waals surface area contributed by atoms with Crippen molar-refractivity contribution in [2.24, 2.45) is 5.11 Å². The molecule has 0 saturated heterocycles. The van der Waals surface area contributed by atoms with Gasteiger partial charge in [0.15, 0.2) is 0 Å². The molecular formula is C11H10N4OS. The lowest BCUT2D eigenvalue weighted by molar-refractivity contribution is 0.246. The van der Waals surface area contributed by atoms with Crippen molar-refractivity contribution in [2.45, 2.75) is 4.90 Å². The van der Waals surface area contributed by atoms with E-state index in [9.17, 15) is 4.79 Å². The van der Waals surface area contributed by atoms with Crippen molar-refractivity contribution in [1.29, 1.82) is 5.53 Å². The van der Waals surface area contributed by atoms with Crippen molar-refractivity contribution in [3.05, 3.63) is 42.5 Å². The Morgan fingerprint density at radius 3 is 2.76 bits per heavy atom. The van der Waals surface area contributed by atoms with Gasteiger partial charge in [0.25, 0.3) is 0 Å². The van der Waals surface area contributed by atoms with E-state index < -0.39 is 6.03 Å². The number of benzene rings is 2. The Hall–Kier alpha value is -1.92. The molecule has 6 heteroatoms. The number of carbonyl (C=O) groups is 1. The quantitative estimate of drug-likeness (QED) is 0.442. The number of urea groups is 1. The summed E-state index contributed by atoms with van der Waals surface area (Å²) < 4.78 is 0. The molecule has 0 fully saturated rings. The number of hydrogen-bond donors (Lipinski definition) is 3. The zero-order valence-electron chi connectivity index (χ0n) is 8.81. The van der Waals surface area contributed by atoms with Gasteiger partial charge in [0.05, 0.1) is 0 Å². The Morgan fingerprint density at radius 2 is 1.94 bits per heavy atom. The molecule has 0 atom stereocenters. The summed E-state index contributed by atoms with van der Waals surface area (Å²) in [5, 5.41) is 4.94. The SMILES string of the molecule is N=NC(=O)NNSc1cccc2ccccc12. The van der Waals surface area contributed by atoms with Gasteiger partial charge in [-0.05, 0) is 28.8 Å². The van der Waals surface area contributed by atoms with Crippen LogP contribution in [0.5, 0.6) is 0 Å². The van der Waals surface area contributed by atoms with Gasteiger partial charge >= 0.3 is 6.03 Å². The summed E-state index contributed by atoms with van der Waals surface area (Å²) in [5.74, 6) is 0. The molecular weight excluding hydrogens is 236 g/mol. The molecule has 5 nitrogen and oxygen atoms in total. The highest BCUT2D eigenvalue weighted by Crippen LogP contribution is 2.25. The number of hydrazine groups is 1. The van der Waals surface area contributed by atoms with Crippen molar-refractivity contribution in [3.8, 4) is 0 Å². The number of carbonyl (C=O) groups excluding carboxylic acids is 1. The summed E-state index contributed by atoms with van der Waals surface area (Å²) in [4.78, 5) is 14.4. The molecule has 0 unspecified atom stereocenters. The third kappa shape index (κ3) is 2.80. The van der Waals surface area contributed by atoms with Crippen LogP contribution in [0, 0.1) is 5.53 Å². The second-order valence-corrected chi connectivity index (χ2v) is 4.07. The van der Waals surface area contributed by atoms with E-state index in [0.29, 0.717) is 0 Å². The standard InChI is InChI=1S/C11H10N4OS/c12-13-11(16)14-15-17-10-7-3-5-8-4-1-2-6-9(8)10/h1-7,12,15H,(H,14,16). The van der Waals surface area contributed by atoms with Crippen LogP contribution in [0.2, 0.25) is 0 Å². The van der Waals surface area contributed by atoms with Gasteiger partial charge < -0.3 is 0 Å². The third-order valence-electron chi connectivity index (χ3n) is 2.17. The molecule has 0 aromatic heterocycles. The van der Waals surface area contributed by atoms with Gasteiger partial charge in [-0.1, -0.05) is 41.5 Å². The van der Waals surface area contributed by atoms with E-state index in [-0.39, 0.29) is 0 Å². The van der Waals surface area contributed by atoms with E-state index in [1.54, 1.807) is 0 Å². The van der Waals surface area contributed by atoms with Crippen LogP contribution in [0.4, 0.5) is 4.79 Å². The molecule has 0 aliphatic carbocycles. The van der Waals surface area contributed by atoms with Gasteiger partial charge in [-0.25, -0.2) is 4.79 Å². The van der Waals surface area contributed by atoms with Crippen molar-refractivity contribution < 1.29 is 4.79 Å². The van der Waals surface area contributed by atoms with Gasteiger partial charge in [-0.3, -0.25) is 5.43 Å². The second kappa shape index (κ2) is 5.42. The highest BCUT2D eigenvalue weighted by atomic mass is 32.2. The summed E-state index contributed by atoms with van der Waals surface area (Å²) in [7, 11) is 0. The summed E-state index contributed by atoms with van der Waals surface area (Å²) in [6, 6.07) is 13.2. The summed E-state index contributed by atoms with van der Waals surface area (Å²) in [6.45, 7) is 0. The molecule has 0 aliphatic rings. The van der Waals surface area contributed by atoms with Crippen LogP contribution in [0.1, 0.15) is 0 Å². The van der Waals surface area contributed by atoms with Crippen molar-refractivity contribution in [1.82, 2.24) is 10.3 Å². The number of nitrogens with one attached hydrogen (secondary N) is 3.